The summed E-state index contributed by atoms with van der Waals surface area (Å²) in [7, 11) is 0. The second-order valence-electron chi connectivity index (χ2n) is 5.87. The van der Waals surface area contributed by atoms with E-state index in [0.717, 1.165) is 25.3 Å². The van der Waals surface area contributed by atoms with Gasteiger partial charge in [-0.2, -0.15) is 0 Å². The predicted octanol–water partition coefficient (Wildman–Crippen LogP) is 1.04. The number of carbonyl (C=O) groups excluding carboxylic acids is 1. The molecule has 2 saturated heterocycles. The van der Waals surface area contributed by atoms with Crippen molar-refractivity contribution in [1.82, 2.24) is 10.3 Å². The summed E-state index contributed by atoms with van der Waals surface area (Å²) in [5.74, 6) is 5.86. The molecule has 2 aliphatic rings. The Morgan fingerprint density at radius 1 is 1.32 bits per heavy atom. The Balaban J connectivity index is 1.68. The molecule has 2 aliphatic heterocycles. The molecule has 110 valence electrons. The molecule has 5 heteroatoms. The molecule has 1 amide bonds. The minimum atomic E-state index is -0.340. The molecule has 0 spiro atoms. The fraction of sp³-hybridized carbons (Fsp3) is 0.929. The number of piperidine rings is 1. The van der Waals surface area contributed by atoms with Crippen molar-refractivity contribution in [3.05, 3.63) is 0 Å². The zero-order valence-electron chi connectivity index (χ0n) is 11.9. The molecule has 0 bridgehead atoms. The molecule has 0 radical (unpaired) electrons. The van der Waals surface area contributed by atoms with Crippen LogP contribution in [-0.4, -0.2) is 42.6 Å². The molecule has 3 N–H and O–H groups in total. The third-order valence-corrected chi connectivity index (χ3v) is 4.41. The van der Waals surface area contributed by atoms with Crippen molar-refractivity contribution in [2.75, 3.05) is 19.6 Å². The van der Waals surface area contributed by atoms with E-state index in [0.29, 0.717) is 0 Å². The first-order valence-electron chi connectivity index (χ1n) is 7.61. The SMILES string of the molecule is CCCC1CCN(CC2CCC(C(=O)NN)O2)CC1. The van der Waals surface area contributed by atoms with Crippen LogP contribution in [0.1, 0.15) is 45.4 Å². The first-order valence-corrected chi connectivity index (χ1v) is 7.61. The van der Waals surface area contributed by atoms with Crippen LogP contribution in [0, 0.1) is 5.92 Å². The van der Waals surface area contributed by atoms with Gasteiger partial charge in [0.05, 0.1) is 6.10 Å². The Kier molecular flexibility index (Phi) is 5.60. The van der Waals surface area contributed by atoms with Crippen LogP contribution in [0.15, 0.2) is 0 Å². The van der Waals surface area contributed by atoms with Gasteiger partial charge >= 0.3 is 0 Å². The Labute approximate surface area is 115 Å². The number of nitrogens with two attached hydrogens (primary N) is 1. The molecular weight excluding hydrogens is 242 g/mol. The van der Waals surface area contributed by atoms with Crippen molar-refractivity contribution in [1.29, 1.82) is 0 Å². The quantitative estimate of drug-likeness (QED) is 0.444. The molecule has 2 atom stereocenters. The van der Waals surface area contributed by atoms with Crippen LogP contribution in [0.25, 0.3) is 0 Å². The summed E-state index contributed by atoms with van der Waals surface area (Å²) >= 11 is 0. The van der Waals surface area contributed by atoms with Crippen LogP contribution >= 0.6 is 0 Å². The van der Waals surface area contributed by atoms with Crippen molar-refractivity contribution in [2.45, 2.75) is 57.7 Å². The smallest absolute Gasteiger partial charge is 0.263 e. The lowest BCUT2D eigenvalue weighted by Crippen LogP contribution is -2.41. The van der Waals surface area contributed by atoms with Gasteiger partial charge in [-0.3, -0.25) is 10.2 Å². The fourth-order valence-electron chi connectivity index (χ4n) is 3.28. The lowest BCUT2D eigenvalue weighted by molar-refractivity contribution is -0.132. The maximum Gasteiger partial charge on any atom is 0.263 e. The monoisotopic (exact) mass is 269 g/mol. The van der Waals surface area contributed by atoms with E-state index in [9.17, 15) is 4.79 Å². The number of hydrogen-bond donors (Lipinski definition) is 2. The number of hydrogen-bond acceptors (Lipinski definition) is 4. The maximum absolute atomic E-state index is 11.4. The van der Waals surface area contributed by atoms with Gasteiger partial charge in [0.2, 0.25) is 0 Å². The van der Waals surface area contributed by atoms with Crippen LogP contribution in [-0.2, 0) is 9.53 Å². The highest BCUT2D eigenvalue weighted by atomic mass is 16.5. The number of amides is 1. The summed E-state index contributed by atoms with van der Waals surface area (Å²) in [6.07, 6.45) is 6.91. The number of rotatable bonds is 5. The van der Waals surface area contributed by atoms with Gasteiger partial charge < -0.3 is 9.64 Å². The van der Waals surface area contributed by atoms with E-state index in [1.165, 1.54) is 38.8 Å². The lowest BCUT2D eigenvalue weighted by Gasteiger charge is -2.33. The zero-order valence-corrected chi connectivity index (χ0v) is 11.9. The topological polar surface area (TPSA) is 67.6 Å². The molecule has 0 aromatic carbocycles. The molecule has 2 unspecified atom stereocenters. The second kappa shape index (κ2) is 7.22. The summed E-state index contributed by atoms with van der Waals surface area (Å²) in [5.41, 5.74) is 2.17. The van der Waals surface area contributed by atoms with Gasteiger partial charge in [-0.25, -0.2) is 5.84 Å². The molecule has 0 saturated carbocycles. The fourth-order valence-corrected chi connectivity index (χ4v) is 3.28. The van der Waals surface area contributed by atoms with E-state index in [1.807, 2.05) is 0 Å². The third kappa shape index (κ3) is 4.16. The number of carbonyl (C=O) groups is 1. The van der Waals surface area contributed by atoms with Gasteiger partial charge in [-0.15, -0.1) is 0 Å². The van der Waals surface area contributed by atoms with E-state index in [-0.39, 0.29) is 18.1 Å². The van der Waals surface area contributed by atoms with Crippen LogP contribution < -0.4 is 11.3 Å². The first-order chi connectivity index (χ1) is 9.22. The van der Waals surface area contributed by atoms with Crippen LogP contribution in [0.3, 0.4) is 0 Å². The van der Waals surface area contributed by atoms with Gasteiger partial charge in [0.15, 0.2) is 0 Å². The number of nitrogens with zero attached hydrogens (tertiary/aromatic N) is 1. The molecule has 2 heterocycles. The molecule has 19 heavy (non-hydrogen) atoms. The van der Waals surface area contributed by atoms with Crippen molar-refractivity contribution in [3.8, 4) is 0 Å². The normalized spacial score (nSPS) is 29.6. The van der Waals surface area contributed by atoms with Crippen molar-refractivity contribution >= 4 is 5.91 Å². The van der Waals surface area contributed by atoms with E-state index in [2.05, 4.69) is 17.2 Å². The molecule has 2 fully saturated rings. The van der Waals surface area contributed by atoms with Crippen molar-refractivity contribution in [2.24, 2.45) is 11.8 Å². The van der Waals surface area contributed by atoms with Crippen LogP contribution in [0.2, 0.25) is 0 Å². The molecule has 2 rings (SSSR count). The maximum atomic E-state index is 11.4. The standard InChI is InChI=1S/C14H27N3O2/c1-2-3-11-6-8-17(9-7-11)10-12-4-5-13(19-12)14(18)16-15/h11-13H,2-10,15H2,1H3,(H,16,18). The van der Waals surface area contributed by atoms with E-state index in [1.54, 1.807) is 0 Å². The Morgan fingerprint density at radius 3 is 2.68 bits per heavy atom. The third-order valence-electron chi connectivity index (χ3n) is 4.41. The lowest BCUT2D eigenvalue weighted by atomic mass is 9.92. The zero-order chi connectivity index (χ0) is 13.7. The minimum absolute atomic E-state index is 0.191. The second-order valence-corrected chi connectivity index (χ2v) is 5.87. The molecular formula is C14H27N3O2. The summed E-state index contributed by atoms with van der Waals surface area (Å²) in [6, 6.07) is 0. The Bertz CT molecular complexity index is 290. The van der Waals surface area contributed by atoms with Gasteiger partial charge in [0.1, 0.15) is 6.10 Å². The van der Waals surface area contributed by atoms with Gasteiger partial charge in [-0.1, -0.05) is 19.8 Å². The first kappa shape index (κ1) is 14.8. The van der Waals surface area contributed by atoms with E-state index >= 15 is 0 Å². The average Bonchev–Trinajstić information content (AvgIpc) is 2.89. The largest absolute Gasteiger partial charge is 0.364 e. The summed E-state index contributed by atoms with van der Waals surface area (Å²) in [6.45, 7) is 5.59. The van der Waals surface area contributed by atoms with Gasteiger partial charge in [0.25, 0.3) is 5.91 Å². The van der Waals surface area contributed by atoms with E-state index in [4.69, 9.17) is 10.6 Å². The highest BCUT2D eigenvalue weighted by Crippen LogP contribution is 2.25. The Morgan fingerprint density at radius 2 is 2.05 bits per heavy atom. The van der Waals surface area contributed by atoms with Crippen LogP contribution in [0.5, 0.6) is 0 Å². The van der Waals surface area contributed by atoms with Crippen molar-refractivity contribution in [3.63, 3.8) is 0 Å². The molecule has 0 aliphatic carbocycles. The van der Waals surface area contributed by atoms with Gasteiger partial charge in [-0.05, 0) is 44.7 Å². The van der Waals surface area contributed by atoms with Crippen molar-refractivity contribution < 1.29 is 9.53 Å². The highest BCUT2D eigenvalue weighted by molar-refractivity contribution is 5.80. The summed E-state index contributed by atoms with van der Waals surface area (Å²) < 4.78 is 5.76. The van der Waals surface area contributed by atoms with E-state index < -0.39 is 0 Å². The molecule has 5 nitrogen and oxygen atoms in total. The summed E-state index contributed by atoms with van der Waals surface area (Å²) in [5, 5.41) is 0. The molecule has 0 aromatic rings. The number of likely N-dealkylation sites (tertiary alicyclic amines) is 1. The Hall–Kier alpha value is -0.650. The molecule has 0 aromatic heterocycles. The van der Waals surface area contributed by atoms with Gasteiger partial charge in [0, 0.05) is 6.54 Å². The number of hydrazine groups is 1. The number of nitrogens with one attached hydrogen (secondary N) is 1. The predicted molar refractivity (Wildman–Crippen MR) is 74.3 cm³/mol. The number of ether oxygens (including phenoxy) is 1. The van der Waals surface area contributed by atoms with Crippen LogP contribution in [0.4, 0.5) is 0 Å². The highest BCUT2D eigenvalue weighted by Gasteiger charge is 2.32. The average molecular weight is 269 g/mol. The summed E-state index contributed by atoms with van der Waals surface area (Å²) in [4.78, 5) is 13.9. The minimum Gasteiger partial charge on any atom is -0.364 e.